The highest BCUT2D eigenvalue weighted by Gasteiger charge is 2.22. The van der Waals surface area contributed by atoms with E-state index < -0.39 is 18.9 Å². The van der Waals surface area contributed by atoms with Gasteiger partial charge in [-0.05, 0) is 15.9 Å². The first-order valence-corrected chi connectivity index (χ1v) is 4.80. The van der Waals surface area contributed by atoms with Crippen molar-refractivity contribution in [2.45, 2.75) is 0 Å². The fourth-order valence-electron chi connectivity index (χ4n) is 0.633. The SMILES string of the molecule is F[B-](F)(F)F.N#[N+]c1cc(F)c(F)c(Br)c1Cl. The molecule has 1 aromatic carbocycles. The van der Waals surface area contributed by atoms with Crippen LogP contribution in [0.15, 0.2) is 10.5 Å². The van der Waals surface area contributed by atoms with Crippen LogP contribution in [0.2, 0.25) is 5.02 Å². The van der Waals surface area contributed by atoms with Gasteiger partial charge in [0.05, 0.1) is 10.5 Å². The van der Waals surface area contributed by atoms with Crippen LogP contribution in [0.1, 0.15) is 0 Å². The van der Waals surface area contributed by atoms with Crippen molar-refractivity contribution in [1.29, 1.82) is 5.39 Å². The minimum absolute atomic E-state index is 0.170. The molecule has 0 bridgehead atoms. The zero-order valence-electron chi connectivity index (χ0n) is 7.57. The van der Waals surface area contributed by atoms with E-state index in [1.807, 2.05) is 0 Å². The predicted octanol–water partition coefficient (Wildman–Crippen LogP) is 5.17. The van der Waals surface area contributed by atoms with Crippen molar-refractivity contribution in [3.05, 3.63) is 32.2 Å². The predicted molar refractivity (Wildman–Crippen MR) is 54.0 cm³/mol. The number of hydrogen-bond acceptors (Lipinski definition) is 1. The van der Waals surface area contributed by atoms with Crippen molar-refractivity contribution in [2.75, 3.05) is 0 Å². The summed E-state index contributed by atoms with van der Waals surface area (Å²) in [5.74, 6) is -2.23. The maximum Gasteiger partial charge on any atom is 0.673 e. The Morgan fingerprint density at radius 1 is 1.24 bits per heavy atom. The van der Waals surface area contributed by atoms with E-state index in [1.165, 1.54) is 0 Å². The normalized spacial score (nSPS) is 10.3. The summed E-state index contributed by atoms with van der Waals surface area (Å²) < 4.78 is 64.0. The van der Waals surface area contributed by atoms with Gasteiger partial charge in [-0.2, -0.15) is 0 Å². The Morgan fingerprint density at radius 2 is 1.65 bits per heavy atom. The van der Waals surface area contributed by atoms with E-state index in [1.54, 1.807) is 0 Å². The molecule has 2 nitrogen and oxygen atoms in total. The summed E-state index contributed by atoms with van der Waals surface area (Å²) in [6.45, 7) is 0. The zero-order valence-corrected chi connectivity index (χ0v) is 9.91. The minimum Gasteiger partial charge on any atom is -0.418 e. The van der Waals surface area contributed by atoms with Crippen LogP contribution in [0, 0.1) is 17.0 Å². The second kappa shape index (κ2) is 6.11. The van der Waals surface area contributed by atoms with Gasteiger partial charge in [-0.15, -0.1) is 0 Å². The Hall–Kier alpha value is -0.945. The number of halogens is 8. The van der Waals surface area contributed by atoms with Gasteiger partial charge in [0.15, 0.2) is 21.6 Å². The summed E-state index contributed by atoms with van der Waals surface area (Å²) in [5, 5.41) is 8.12. The van der Waals surface area contributed by atoms with Gasteiger partial charge in [0.25, 0.3) is 0 Å². The zero-order chi connectivity index (χ0) is 13.8. The van der Waals surface area contributed by atoms with E-state index in [0.717, 1.165) is 0 Å². The molecular formula is C6HBBrClF6N2. The molecule has 0 saturated carbocycles. The van der Waals surface area contributed by atoms with Crippen molar-refractivity contribution in [3.63, 3.8) is 0 Å². The summed E-state index contributed by atoms with van der Waals surface area (Å²) in [6, 6.07) is 0.697. The van der Waals surface area contributed by atoms with Gasteiger partial charge in [-0.3, -0.25) is 0 Å². The number of benzene rings is 1. The highest BCUT2D eigenvalue weighted by molar-refractivity contribution is 9.10. The molecule has 0 aliphatic rings. The summed E-state index contributed by atoms with van der Waals surface area (Å²) in [4.78, 5) is 2.66. The Labute approximate surface area is 104 Å². The number of diazo groups is 1. The van der Waals surface area contributed by atoms with Gasteiger partial charge < -0.3 is 17.3 Å². The van der Waals surface area contributed by atoms with Gasteiger partial charge in [0, 0.05) is 0 Å². The van der Waals surface area contributed by atoms with Crippen LogP contribution >= 0.6 is 27.5 Å². The molecule has 94 valence electrons. The van der Waals surface area contributed by atoms with Crippen molar-refractivity contribution in [2.24, 2.45) is 0 Å². The van der Waals surface area contributed by atoms with E-state index in [2.05, 4.69) is 20.9 Å². The van der Waals surface area contributed by atoms with Gasteiger partial charge in [-0.1, -0.05) is 11.6 Å². The molecule has 0 amide bonds. The molecule has 0 spiro atoms. The Kier molecular flexibility index (Phi) is 5.77. The smallest absolute Gasteiger partial charge is 0.418 e. The van der Waals surface area contributed by atoms with E-state index in [9.17, 15) is 26.0 Å². The summed E-state index contributed by atoms with van der Waals surface area (Å²) in [6.07, 6.45) is 0. The van der Waals surface area contributed by atoms with Gasteiger partial charge >= 0.3 is 12.9 Å². The molecule has 0 atom stereocenters. The Balaban J connectivity index is 0.000000437. The van der Waals surface area contributed by atoms with E-state index >= 15 is 0 Å². The molecule has 1 rings (SSSR count). The maximum atomic E-state index is 12.7. The van der Waals surface area contributed by atoms with Crippen LogP contribution in [0.4, 0.5) is 31.7 Å². The topological polar surface area (TPSA) is 28.1 Å². The molecule has 0 fully saturated rings. The van der Waals surface area contributed by atoms with Gasteiger partial charge in [-0.25, -0.2) is 8.78 Å². The number of hydrogen-bond donors (Lipinski definition) is 0. The molecule has 0 N–H and O–H groups in total. The van der Waals surface area contributed by atoms with Gasteiger partial charge in [0.1, 0.15) is 0 Å². The maximum absolute atomic E-state index is 12.7. The quantitative estimate of drug-likeness (QED) is 0.210. The van der Waals surface area contributed by atoms with E-state index in [4.69, 9.17) is 17.0 Å². The highest BCUT2D eigenvalue weighted by atomic mass is 79.9. The molecule has 0 aliphatic heterocycles. The first-order valence-electron chi connectivity index (χ1n) is 3.63. The molecular weight excluding hydrogens is 340 g/mol. The molecule has 0 saturated heterocycles. The molecule has 17 heavy (non-hydrogen) atoms. The van der Waals surface area contributed by atoms with Crippen molar-refractivity contribution in [1.82, 2.24) is 0 Å². The monoisotopic (exact) mass is 340 g/mol. The summed E-state index contributed by atoms with van der Waals surface area (Å²) >= 11 is 8.17. The average Bonchev–Trinajstić information content (AvgIpc) is 2.18. The molecule has 1 aromatic rings. The van der Waals surface area contributed by atoms with E-state index in [0.29, 0.717) is 6.07 Å². The number of nitrogens with zero attached hydrogens (tertiary/aromatic N) is 2. The Bertz CT molecular complexity index is 453. The average molecular weight is 341 g/mol. The van der Waals surface area contributed by atoms with Crippen LogP contribution in [-0.2, 0) is 0 Å². The lowest BCUT2D eigenvalue weighted by molar-refractivity contribution is 0.368. The van der Waals surface area contributed by atoms with Crippen LogP contribution in [0.3, 0.4) is 0 Å². The number of rotatable bonds is 0. The second-order valence-electron chi connectivity index (χ2n) is 2.41. The van der Waals surface area contributed by atoms with E-state index in [-0.39, 0.29) is 15.2 Å². The van der Waals surface area contributed by atoms with Crippen LogP contribution in [0.25, 0.3) is 4.98 Å². The third-order valence-corrected chi connectivity index (χ3v) is 2.55. The van der Waals surface area contributed by atoms with Crippen molar-refractivity contribution in [3.8, 4) is 0 Å². The third kappa shape index (κ3) is 5.79. The minimum atomic E-state index is -6.00. The first-order chi connectivity index (χ1) is 7.57. The van der Waals surface area contributed by atoms with Crippen molar-refractivity contribution < 1.29 is 26.0 Å². The second-order valence-corrected chi connectivity index (χ2v) is 3.59. The fourth-order valence-corrected chi connectivity index (χ4v) is 1.20. The van der Waals surface area contributed by atoms with Crippen molar-refractivity contribution >= 4 is 40.5 Å². The highest BCUT2D eigenvalue weighted by Crippen LogP contribution is 2.35. The van der Waals surface area contributed by atoms with Crippen LogP contribution < -0.4 is 0 Å². The Morgan fingerprint density at radius 3 is 2.00 bits per heavy atom. The molecule has 0 radical (unpaired) electrons. The molecule has 0 aromatic heterocycles. The lowest BCUT2D eigenvalue weighted by atomic mass is 10.3. The largest absolute Gasteiger partial charge is 0.673 e. The standard InChI is InChI=1S/C6HBrClF2N2.BF4/c7-4-5(8)3(12-11)1-2(9)6(4)10;2-1(3,4)5/h1H;/q+1;-1. The van der Waals surface area contributed by atoms with Crippen LogP contribution in [-0.4, -0.2) is 7.25 Å². The molecule has 0 unspecified atom stereocenters. The molecule has 0 aliphatic carbocycles. The summed E-state index contributed by atoms with van der Waals surface area (Å²) in [7, 11) is -6.00. The van der Waals surface area contributed by atoms with Gasteiger partial charge in [0.2, 0.25) is 5.39 Å². The lowest BCUT2D eigenvalue weighted by Crippen LogP contribution is -2.02. The third-order valence-electron chi connectivity index (χ3n) is 1.19. The molecule has 0 heterocycles. The lowest BCUT2D eigenvalue weighted by Gasteiger charge is -1.94. The molecule has 11 heteroatoms. The van der Waals surface area contributed by atoms with Crippen LogP contribution in [0.5, 0.6) is 0 Å². The first kappa shape index (κ1) is 16.1. The summed E-state index contributed by atoms with van der Waals surface area (Å²) in [5.41, 5.74) is -0.220. The fraction of sp³-hybridized carbons (Fsp3) is 0.